The number of carbonyl (C=O) groups excluding carboxylic acids is 1. The fourth-order valence-corrected chi connectivity index (χ4v) is 2.52. The highest BCUT2D eigenvalue weighted by atomic mass is 16.4. The fraction of sp³-hybridized carbons (Fsp3) is 0.467. The maximum Gasteiger partial charge on any atom is 0.326 e. The van der Waals surface area contributed by atoms with E-state index in [0.717, 1.165) is 18.4 Å². The number of aliphatic carboxylic acids is 1. The summed E-state index contributed by atoms with van der Waals surface area (Å²) in [6, 6.07) is 8.33. The minimum absolute atomic E-state index is 0.182. The van der Waals surface area contributed by atoms with Gasteiger partial charge in [-0.15, -0.1) is 0 Å². The Morgan fingerprint density at radius 1 is 1.40 bits per heavy atom. The van der Waals surface area contributed by atoms with Gasteiger partial charge >= 0.3 is 12.0 Å². The highest BCUT2D eigenvalue weighted by molar-refractivity contribution is 5.83. The van der Waals surface area contributed by atoms with Crippen LogP contribution in [0.15, 0.2) is 30.3 Å². The summed E-state index contributed by atoms with van der Waals surface area (Å²) in [6.45, 7) is 2.68. The van der Waals surface area contributed by atoms with Gasteiger partial charge in [-0.2, -0.15) is 0 Å². The predicted molar refractivity (Wildman–Crippen MR) is 75.5 cm³/mol. The molecule has 5 nitrogen and oxygen atoms in total. The number of carbonyl (C=O) groups is 2. The van der Waals surface area contributed by atoms with Crippen molar-refractivity contribution in [1.29, 1.82) is 0 Å². The summed E-state index contributed by atoms with van der Waals surface area (Å²) in [5.74, 6) is -1.01. The zero-order valence-electron chi connectivity index (χ0n) is 11.6. The molecule has 0 radical (unpaired) electrons. The molecule has 0 saturated carbocycles. The molecule has 108 valence electrons. The number of urea groups is 1. The van der Waals surface area contributed by atoms with Crippen molar-refractivity contribution in [1.82, 2.24) is 10.2 Å². The third-order valence-corrected chi connectivity index (χ3v) is 3.69. The molecule has 20 heavy (non-hydrogen) atoms. The number of rotatable bonds is 4. The summed E-state index contributed by atoms with van der Waals surface area (Å²) in [4.78, 5) is 25.1. The quantitative estimate of drug-likeness (QED) is 0.882. The second-order valence-corrected chi connectivity index (χ2v) is 5.21. The van der Waals surface area contributed by atoms with Crippen LogP contribution in [0.2, 0.25) is 0 Å². The van der Waals surface area contributed by atoms with Crippen LogP contribution in [-0.2, 0) is 11.2 Å². The van der Waals surface area contributed by atoms with Crippen LogP contribution in [0.4, 0.5) is 4.79 Å². The molecule has 1 saturated heterocycles. The van der Waals surface area contributed by atoms with E-state index in [1.807, 2.05) is 37.3 Å². The molecule has 1 fully saturated rings. The average Bonchev–Trinajstić information content (AvgIpc) is 2.85. The SMILES string of the molecule is CC1CCCN1C(=O)NC(Cc1ccccc1)C(=O)O. The van der Waals surface area contributed by atoms with Crippen molar-refractivity contribution in [3.63, 3.8) is 0 Å². The van der Waals surface area contributed by atoms with E-state index in [9.17, 15) is 14.7 Å². The number of nitrogens with one attached hydrogen (secondary N) is 1. The Labute approximate surface area is 118 Å². The normalized spacial score (nSPS) is 19.6. The van der Waals surface area contributed by atoms with Gasteiger partial charge in [-0.25, -0.2) is 9.59 Å². The molecule has 1 aromatic rings. The Morgan fingerprint density at radius 3 is 2.65 bits per heavy atom. The highest BCUT2D eigenvalue weighted by Gasteiger charge is 2.28. The summed E-state index contributed by atoms with van der Waals surface area (Å²) in [6.07, 6.45) is 2.25. The maximum atomic E-state index is 12.1. The molecule has 1 heterocycles. The zero-order chi connectivity index (χ0) is 14.5. The number of likely N-dealkylation sites (tertiary alicyclic amines) is 1. The first-order valence-electron chi connectivity index (χ1n) is 6.92. The van der Waals surface area contributed by atoms with E-state index < -0.39 is 12.0 Å². The lowest BCUT2D eigenvalue weighted by Gasteiger charge is -2.24. The Kier molecular flexibility index (Phi) is 4.61. The first-order valence-corrected chi connectivity index (χ1v) is 6.92. The van der Waals surface area contributed by atoms with Crippen LogP contribution in [0, 0.1) is 0 Å². The molecule has 2 atom stereocenters. The van der Waals surface area contributed by atoms with Crippen LogP contribution in [0.25, 0.3) is 0 Å². The van der Waals surface area contributed by atoms with Gasteiger partial charge in [0.15, 0.2) is 0 Å². The van der Waals surface area contributed by atoms with Crippen molar-refractivity contribution in [2.24, 2.45) is 0 Å². The molecule has 5 heteroatoms. The topological polar surface area (TPSA) is 69.6 Å². The van der Waals surface area contributed by atoms with Crippen molar-refractivity contribution in [2.75, 3.05) is 6.54 Å². The van der Waals surface area contributed by atoms with E-state index >= 15 is 0 Å². The van der Waals surface area contributed by atoms with E-state index in [1.165, 1.54) is 0 Å². The van der Waals surface area contributed by atoms with Gasteiger partial charge in [-0.1, -0.05) is 30.3 Å². The van der Waals surface area contributed by atoms with Crippen LogP contribution < -0.4 is 5.32 Å². The Hall–Kier alpha value is -2.04. The molecule has 2 amide bonds. The fourth-order valence-electron chi connectivity index (χ4n) is 2.52. The molecule has 0 aliphatic carbocycles. The van der Waals surface area contributed by atoms with Gasteiger partial charge in [0.25, 0.3) is 0 Å². The third-order valence-electron chi connectivity index (χ3n) is 3.69. The first kappa shape index (κ1) is 14.4. The number of hydrogen-bond acceptors (Lipinski definition) is 2. The molecule has 2 N–H and O–H groups in total. The molecule has 1 aliphatic heterocycles. The van der Waals surface area contributed by atoms with Crippen molar-refractivity contribution in [3.8, 4) is 0 Å². The van der Waals surface area contributed by atoms with Gasteiger partial charge in [0.05, 0.1) is 0 Å². The van der Waals surface area contributed by atoms with Gasteiger partial charge in [0.1, 0.15) is 6.04 Å². The second-order valence-electron chi connectivity index (χ2n) is 5.21. The summed E-state index contributed by atoms with van der Waals surface area (Å²) in [5.41, 5.74) is 0.898. The van der Waals surface area contributed by atoms with Crippen molar-refractivity contribution < 1.29 is 14.7 Å². The number of amides is 2. The molecular formula is C15H20N2O3. The largest absolute Gasteiger partial charge is 0.480 e. The third kappa shape index (κ3) is 3.50. The van der Waals surface area contributed by atoms with E-state index in [1.54, 1.807) is 4.90 Å². The van der Waals surface area contributed by atoms with Gasteiger partial charge < -0.3 is 15.3 Å². The van der Waals surface area contributed by atoms with E-state index in [2.05, 4.69) is 5.32 Å². The molecule has 2 unspecified atom stereocenters. The monoisotopic (exact) mass is 276 g/mol. The van der Waals surface area contributed by atoms with Crippen LogP contribution in [0.3, 0.4) is 0 Å². The minimum atomic E-state index is -1.01. The first-order chi connectivity index (χ1) is 9.58. The van der Waals surface area contributed by atoms with Gasteiger partial charge in [0.2, 0.25) is 0 Å². The lowest BCUT2D eigenvalue weighted by Crippen LogP contribution is -2.49. The molecule has 0 spiro atoms. The van der Waals surface area contributed by atoms with Crippen molar-refractivity contribution >= 4 is 12.0 Å². The molecule has 0 aromatic heterocycles. The number of benzene rings is 1. The number of carboxylic acid groups (broad SMARTS) is 1. The van der Waals surface area contributed by atoms with E-state index in [4.69, 9.17) is 0 Å². The summed E-state index contributed by atoms with van der Waals surface area (Å²) in [7, 11) is 0. The lowest BCUT2D eigenvalue weighted by atomic mass is 10.1. The molecule has 0 bridgehead atoms. The van der Waals surface area contributed by atoms with Crippen LogP contribution in [0.1, 0.15) is 25.3 Å². The molecule has 2 rings (SSSR count). The zero-order valence-corrected chi connectivity index (χ0v) is 11.6. The molecular weight excluding hydrogens is 256 g/mol. The van der Waals surface area contributed by atoms with Crippen LogP contribution >= 0.6 is 0 Å². The Balaban J connectivity index is 1.99. The summed E-state index contributed by atoms with van der Waals surface area (Å²) < 4.78 is 0. The van der Waals surface area contributed by atoms with E-state index in [0.29, 0.717) is 13.0 Å². The van der Waals surface area contributed by atoms with Gasteiger partial charge in [-0.3, -0.25) is 0 Å². The highest BCUT2D eigenvalue weighted by Crippen LogP contribution is 2.16. The van der Waals surface area contributed by atoms with Gasteiger partial charge in [0, 0.05) is 19.0 Å². The van der Waals surface area contributed by atoms with Crippen molar-refractivity contribution in [2.45, 2.75) is 38.3 Å². The maximum absolute atomic E-state index is 12.1. The predicted octanol–water partition coefficient (Wildman–Crippen LogP) is 1.88. The smallest absolute Gasteiger partial charge is 0.326 e. The number of carboxylic acids is 1. The number of hydrogen-bond donors (Lipinski definition) is 2. The lowest BCUT2D eigenvalue weighted by molar-refractivity contribution is -0.139. The summed E-state index contributed by atoms with van der Waals surface area (Å²) >= 11 is 0. The van der Waals surface area contributed by atoms with Crippen LogP contribution in [0.5, 0.6) is 0 Å². The molecule has 1 aliphatic rings. The van der Waals surface area contributed by atoms with E-state index in [-0.39, 0.29) is 12.1 Å². The Morgan fingerprint density at radius 2 is 2.10 bits per heavy atom. The summed E-state index contributed by atoms with van der Waals surface area (Å²) in [5, 5.41) is 11.9. The van der Waals surface area contributed by atoms with Crippen LogP contribution in [-0.4, -0.2) is 40.6 Å². The van der Waals surface area contributed by atoms with Gasteiger partial charge in [-0.05, 0) is 25.3 Å². The average molecular weight is 276 g/mol. The Bertz CT molecular complexity index is 475. The minimum Gasteiger partial charge on any atom is -0.480 e. The standard InChI is InChI=1S/C15H20N2O3/c1-11-6-5-9-17(11)15(20)16-13(14(18)19)10-12-7-3-2-4-8-12/h2-4,7-8,11,13H,5-6,9-10H2,1H3,(H,16,20)(H,18,19). The van der Waals surface area contributed by atoms with Crippen molar-refractivity contribution in [3.05, 3.63) is 35.9 Å². The molecule has 1 aromatic carbocycles. The number of nitrogens with zero attached hydrogens (tertiary/aromatic N) is 1. The second kappa shape index (κ2) is 6.41.